The van der Waals surface area contributed by atoms with Crippen molar-refractivity contribution >= 4 is 29.4 Å². The van der Waals surface area contributed by atoms with Crippen LogP contribution in [0.3, 0.4) is 0 Å². The Labute approximate surface area is 139 Å². The van der Waals surface area contributed by atoms with E-state index in [-0.39, 0.29) is 11.5 Å². The summed E-state index contributed by atoms with van der Waals surface area (Å²) in [5, 5.41) is 0.542. The Hall–Kier alpha value is -2.59. The maximum atomic E-state index is 11.9. The molecule has 2 aromatic rings. The first-order valence-electron chi connectivity index (χ1n) is 6.84. The van der Waals surface area contributed by atoms with E-state index in [9.17, 15) is 9.59 Å². The zero-order chi connectivity index (χ0) is 16.8. The third-order valence-electron chi connectivity index (χ3n) is 3.08. The molecule has 4 nitrogen and oxygen atoms in total. The Kier molecular flexibility index (Phi) is 5.55. The quantitative estimate of drug-likeness (QED) is 0.357. The Bertz CT molecular complexity index is 765. The summed E-state index contributed by atoms with van der Waals surface area (Å²) in [4.78, 5) is 23.3. The number of hydrogen-bond acceptors (Lipinski definition) is 4. The van der Waals surface area contributed by atoms with E-state index in [4.69, 9.17) is 21.1 Å². The van der Waals surface area contributed by atoms with Gasteiger partial charge in [0.05, 0.1) is 7.11 Å². The van der Waals surface area contributed by atoms with Crippen LogP contribution in [0.5, 0.6) is 11.5 Å². The van der Waals surface area contributed by atoms with Gasteiger partial charge in [-0.2, -0.15) is 0 Å². The van der Waals surface area contributed by atoms with Crippen LogP contribution in [0, 0.1) is 0 Å². The van der Waals surface area contributed by atoms with Gasteiger partial charge >= 0.3 is 5.97 Å². The number of rotatable bonds is 5. The number of Topliss-reactive ketones (excluding diaryl/α,β-unsaturated/α-hetero) is 1. The fourth-order valence-corrected chi connectivity index (χ4v) is 2.08. The van der Waals surface area contributed by atoms with Crippen molar-refractivity contribution in [3.63, 3.8) is 0 Å². The minimum atomic E-state index is -0.571. The summed E-state index contributed by atoms with van der Waals surface area (Å²) in [6, 6.07) is 11.8. The van der Waals surface area contributed by atoms with E-state index in [2.05, 4.69) is 0 Å². The number of ether oxygens (including phenoxy) is 2. The van der Waals surface area contributed by atoms with Crippen molar-refractivity contribution in [3.8, 4) is 11.5 Å². The van der Waals surface area contributed by atoms with Crippen LogP contribution in [0.1, 0.15) is 22.8 Å². The number of hydrogen-bond donors (Lipinski definition) is 0. The van der Waals surface area contributed by atoms with Crippen molar-refractivity contribution in [2.75, 3.05) is 7.11 Å². The fraction of sp³-hybridized carbons (Fsp3) is 0.111. The molecule has 0 aliphatic carbocycles. The summed E-state index contributed by atoms with van der Waals surface area (Å²) in [5.74, 6) is -0.109. The van der Waals surface area contributed by atoms with Crippen LogP contribution in [0.25, 0.3) is 6.08 Å². The number of carbonyl (C=O) groups is 2. The fourth-order valence-electron chi connectivity index (χ4n) is 1.88. The van der Waals surface area contributed by atoms with Crippen LogP contribution in [-0.4, -0.2) is 18.9 Å². The molecule has 0 aliphatic heterocycles. The summed E-state index contributed by atoms with van der Waals surface area (Å²) in [7, 11) is 1.44. The number of halogens is 1. The largest absolute Gasteiger partial charge is 0.493 e. The zero-order valence-corrected chi connectivity index (χ0v) is 13.5. The van der Waals surface area contributed by atoms with E-state index in [1.807, 2.05) is 6.07 Å². The third kappa shape index (κ3) is 4.44. The van der Waals surface area contributed by atoms with Gasteiger partial charge in [-0.05, 0) is 42.8 Å². The van der Waals surface area contributed by atoms with Crippen molar-refractivity contribution in [3.05, 3.63) is 64.7 Å². The monoisotopic (exact) mass is 330 g/mol. The van der Waals surface area contributed by atoms with Crippen LogP contribution in [0.15, 0.2) is 48.5 Å². The van der Waals surface area contributed by atoms with Gasteiger partial charge in [-0.25, -0.2) is 4.79 Å². The van der Waals surface area contributed by atoms with Gasteiger partial charge in [0, 0.05) is 16.7 Å². The summed E-state index contributed by atoms with van der Waals surface area (Å²) in [6.45, 7) is 1.45. The van der Waals surface area contributed by atoms with Gasteiger partial charge in [0.25, 0.3) is 0 Å². The molecule has 0 bridgehead atoms. The first-order chi connectivity index (χ1) is 11.0. The first kappa shape index (κ1) is 16.8. The third-order valence-corrected chi connectivity index (χ3v) is 3.43. The molecular weight excluding hydrogens is 316 g/mol. The summed E-state index contributed by atoms with van der Waals surface area (Å²) in [5.41, 5.74) is 1.19. The molecular formula is C18H15ClO4. The number of esters is 1. The van der Waals surface area contributed by atoms with E-state index < -0.39 is 5.97 Å². The Morgan fingerprint density at radius 1 is 1.09 bits per heavy atom. The Morgan fingerprint density at radius 2 is 1.83 bits per heavy atom. The van der Waals surface area contributed by atoms with E-state index in [1.165, 1.54) is 32.2 Å². The molecule has 0 amide bonds. The van der Waals surface area contributed by atoms with Crippen LogP contribution < -0.4 is 9.47 Å². The van der Waals surface area contributed by atoms with Gasteiger partial charge in [0.15, 0.2) is 17.3 Å². The lowest BCUT2D eigenvalue weighted by Gasteiger charge is -2.09. The molecule has 2 rings (SSSR count). The van der Waals surface area contributed by atoms with Crippen molar-refractivity contribution in [1.29, 1.82) is 0 Å². The Balaban J connectivity index is 2.14. The van der Waals surface area contributed by atoms with Crippen molar-refractivity contribution in [2.24, 2.45) is 0 Å². The van der Waals surface area contributed by atoms with Gasteiger partial charge in [-0.1, -0.05) is 29.8 Å². The van der Waals surface area contributed by atoms with E-state index in [0.717, 1.165) is 0 Å². The maximum Gasteiger partial charge on any atom is 0.336 e. The number of methoxy groups -OCH3 is 1. The molecule has 0 radical (unpaired) electrons. The lowest BCUT2D eigenvalue weighted by Crippen LogP contribution is -2.05. The minimum absolute atomic E-state index is 0.0974. The smallest absolute Gasteiger partial charge is 0.336 e. The molecule has 0 unspecified atom stereocenters. The average Bonchev–Trinajstić information content (AvgIpc) is 2.54. The normalized spacial score (nSPS) is 10.6. The maximum absolute atomic E-state index is 11.9. The molecule has 0 saturated carbocycles. The Morgan fingerprint density at radius 3 is 2.48 bits per heavy atom. The molecule has 23 heavy (non-hydrogen) atoms. The predicted molar refractivity (Wildman–Crippen MR) is 89.1 cm³/mol. The average molecular weight is 331 g/mol. The van der Waals surface area contributed by atoms with E-state index >= 15 is 0 Å². The van der Waals surface area contributed by atoms with Gasteiger partial charge in [0.2, 0.25) is 0 Å². The molecule has 5 heteroatoms. The second-order valence-electron chi connectivity index (χ2n) is 4.70. The molecule has 0 heterocycles. The standard InChI is InChI=1S/C18H15ClO4/c1-12(20)14-7-9-16(17(11-14)22-2)23-18(21)10-8-13-5-3-4-6-15(13)19/h3-11H,1-2H3/b10-8+. The molecule has 0 saturated heterocycles. The highest BCUT2D eigenvalue weighted by molar-refractivity contribution is 6.32. The molecule has 0 N–H and O–H groups in total. The van der Waals surface area contributed by atoms with E-state index in [0.29, 0.717) is 21.9 Å². The van der Waals surface area contributed by atoms with Crippen molar-refractivity contribution in [1.82, 2.24) is 0 Å². The van der Waals surface area contributed by atoms with E-state index in [1.54, 1.807) is 30.3 Å². The lowest BCUT2D eigenvalue weighted by molar-refractivity contribution is -0.129. The number of ketones is 1. The highest BCUT2D eigenvalue weighted by Crippen LogP contribution is 2.28. The van der Waals surface area contributed by atoms with Gasteiger partial charge in [0.1, 0.15) is 0 Å². The molecule has 0 spiro atoms. The topological polar surface area (TPSA) is 52.6 Å². The summed E-state index contributed by atoms with van der Waals surface area (Å²) < 4.78 is 10.4. The highest BCUT2D eigenvalue weighted by atomic mass is 35.5. The summed E-state index contributed by atoms with van der Waals surface area (Å²) in [6.07, 6.45) is 2.85. The molecule has 0 atom stereocenters. The van der Waals surface area contributed by atoms with Gasteiger partial charge in [-0.3, -0.25) is 4.79 Å². The van der Waals surface area contributed by atoms with Gasteiger partial charge in [-0.15, -0.1) is 0 Å². The van der Waals surface area contributed by atoms with Crippen LogP contribution in [0.4, 0.5) is 0 Å². The van der Waals surface area contributed by atoms with Crippen molar-refractivity contribution in [2.45, 2.75) is 6.92 Å². The van der Waals surface area contributed by atoms with Crippen LogP contribution >= 0.6 is 11.6 Å². The second kappa shape index (κ2) is 7.61. The lowest BCUT2D eigenvalue weighted by atomic mass is 10.1. The molecule has 2 aromatic carbocycles. The number of carbonyl (C=O) groups excluding carboxylic acids is 2. The SMILES string of the molecule is COc1cc(C(C)=O)ccc1OC(=O)/C=C/c1ccccc1Cl. The molecule has 0 fully saturated rings. The summed E-state index contributed by atoms with van der Waals surface area (Å²) >= 11 is 6.01. The second-order valence-corrected chi connectivity index (χ2v) is 5.10. The van der Waals surface area contributed by atoms with Crippen LogP contribution in [-0.2, 0) is 4.79 Å². The zero-order valence-electron chi connectivity index (χ0n) is 12.7. The minimum Gasteiger partial charge on any atom is -0.493 e. The molecule has 118 valence electrons. The first-order valence-corrected chi connectivity index (χ1v) is 7.22. The highest BCUT2D eigenvalue weighted by Gasteiger charge is 2.11. The predicted octanol–water partition coefficient (Wildman–Crippen LogP) is 4.17. The van der Waals surface area contributed by atoms with Gasteiger partial charge < -0.3 is 9.47 Å². The van der Waals surface area contributed by atoms with Crippen molar-refractivity contribution < 1.29 is 19.1 Å². The molecule has 0 aliphatic rings. The number of benzene rings is 2. The van der Waals surface area contributed by atoms with Crippen LogP contribution in [0.2, 0.25) is 5.02 Å². The molecule has 0 aromatic heterocycles.